The first kappa shape index (κ1) is 9.90. The topological polar surface area (TPSA) is 37.4 Å². The van der Waals surface area contributed by atoms with E-state index in [4.69, 9.17) is 4.74 Å². The van der Waals surface area contributed by atoms with Crippen LogP contribution in [0.3, 0.4) is 0 Å². The van der Waals surface area contributed by atoms with Gasteiger partial charge in [-0.2, -0.15) is 0 Å². The second-order valence-corrected chi connectivity index (χ2v) is 4.61. The predicted octanol–water partition coefficient (Wildman–Crippen LogP) is 0.746. The third-order valence-electron chi connectivity index (χ3n) is 3.66. The summed E-state index contributed by atoms with van der Waals surface area (Å²) in [6, 6.07) is 3.90. The van der Waals surface area contributed by atoms with E-state index in [9.17, 15) is 0 Å². The maximum atomic E-state index is 5.36. The fourth-order valence-electron chi connectivity index (χ4n) is 2.81. The zero-order chi connectivity index (χ0) is 11.0. The van der Waals surface area contributed by atoms with Gasteiger partial charge in [0.15, 0.2) is 11.6 Å². The molecule has 2 fully saturated rings. The predicted molar refractivity (Wildman–Crippen MR) is 62.9 cm³/mol. The normalized spacial score (nSPS) is 28.2. The monoisotopic (exact) mass is 219 g/mol. The minimum absolute atomic E-state index is 0.784. The Labute approximate surface area is 95.6 Å². The van der Waals surface area contributed by atoms with Crippen molar-refractivity contribution in [3.63, 3.8) is 0 Å². The molecule has 4 heteroatoms. The van der Waals surface area contributed by atoms with Crippen LogP contribution in [0.1, 0.15) is 0 Å². The van der Waals surface area contributed by atoms with Crippen molar-refractivity contribution < 1.29 is 4.74 Å². The summed E-state index contributed by atoms with van der Waals surface area (Å²) in [5.41, 5.74) is 0. The van der Waals surface area contributed by atoms with Crippen LogP contribution in [0.15, 0.2) is 18.3 Å². The first-order valence-corrected chi connectivity index (χ1v) is 5.83. The molecular formula is C12H17N3O. The van der Waals surface area contributed by atoms with E-state index < -0.39 is 0 Å². The number of pyridine rings is 1. The van der Waals surface area contributed by atoms with Gasteiger partial charge in [0, 0.05) is 32.4 Å². The summed E-state index contributed by atoms with van der Waals surface area (Å²) in [6.45, 7) is 4.50. The average molecular weight is 219 g/mol. The van der Waals surface area contributed by atoms with Gasteiger partial charge in [-0.25, -0.2) is 4.98 Å². The number of rotatable bonds is 2. The van der Waals surface area contributed by atoms with E-state index in [0.29, 0.717) is 0 Å². The molecule has 0 aliphatic carbocycles. The lowest BCUT2D eigenvalue weighted by molar-refractivity contribution is 0.412. The van der Waals surface area contributed by atoms with Gasteiger partial charge >= 0.3 is 0 Å². The first-order chi connectivity index (χ1) is 7.88. The molecule has 0 saturated carbocycles. The maximum Gasteiger partial charge on any atom is 0.171 e. The maximum absolute atomic E-state index is 5.36. The molecule has 1 N–H and O–H groups in total. The Bertz CT molecular complexity index is 370. The van der Waals surface area contributed by atoms with E-state index in [1.807, 2.05) is 18.3 Å². The SMILES string of the molecule is COc1cccnc1N1C[C@H]2CNC[C@H]2C1. The number of nitrogens with one attached hydrogen (secondary N) is 1. The minimum atomic E-state index is 0.784. The summed E-state index contributed by atoms with van der Waals surface area (Å²) in [5, 5.41) is 3.45. The molecule has 2 saturated heterocycles. The van der Waals surface area contributed by atoms with Crippen LogP contribution in [0.4, 0.5) is 5.82 Å². The highest BCUT2D eigenvalue weighted by Gasteiger charge is 2.37. The van der Waals surface area contributed by atoms with Crippen LogP contribution in [0.2, 0.25) is 0 Å². The molecule has 2 aliphatic heterocycles. The van der Waals surface area contributed by atoms with E-state index >= 15 is 0 Å². The number of fused-ring (bicyclic) bond motifs is 1. The highest BCUT2D eigenvalue weighted by atomic mass is 16.5. The molecule has 1 aromatic heterocycles. The molecule has 0 bridgehead atoms. The molecule has 1 aromatic rings. The molecule has 3 heterocycles. The number of hydrogen-bond acceptors (Lipinski definition) is 4. The number of anilines is 1. The number of methoxy groups -OCH3 is 1. The van der Waals surface area contributed by atoms with E-state index in [2.05, 4.69) is 15.2 Å². The summed E-state index contributed by atoms with van der Waals surface area (Å²) in [6.07, 6.45) is 1.84. The van der Waals surface area contributed by atoms with Gasteiger partial charge in [0.05, 0.1) is 7.11 Å². The lowest BCUT2D eigenvalue weighted by Gasteiger charge is -2.20. The molecule has 4 nitrogen and oxygen atoms in total. The van der Waals surface area contributed by atoms with Gasteiger partial charge in [0.2, 0.25) is 0 Å². The van der Waals surface area contributed by atoms with Crippen molar-refractivity contribution in [2.45, 2.75) is 0 Å². The molecule has 16 heavy (non-hydrogen) atoms. The Morgan fingerprint density at radius 3 is 2.81 bits per heavy atom. The minimum Gasteiger partial charge on any atom is -0.493 e. The van der Waals surface area contributed by atoms with Crippen LogP contribution in [0.25, 0.3) is 0 Å². The third kappa shape index (κ3) is 1.53. The van der Waals surface area contributed by atoms with Crippen molar-refractivity contribution in [3.05, 3.63) is 18.3 Å². The van der Waals surface area contributed by atoms with Crippen molar-refractivity contribution in [3.8, 4) is 5.75 Å². The largest absolute Gasteiger partial charge is 0.493 e. The fraction of sp³-hybridized carbons (Fsp3) is 0.583. The molecule has 0 amide bonds. The molecule has 3 rings (SSSR count). The van der Waals surface area contributed by atoms with Gasteiger partial charge in [0.1, 0.15) is 0 Å². The van der Waals surface area contributed by atoms with Crippen LogP contribution in [-0.4, -0.2) is 38.3 Å². The number of ether oxygens (including phenoxy) is 1. The Balaban J connectivity index is 1.83. The van der Waals surface area contributed by atoms with Crippen molar-refractivity contribution in [1.29, 1.82) is 0 Å². The molecule has 0 spiro atoms. The first-order valence-electron chi connectivity index (χ1n) is 5.83. The van der Waals surface area contributed by atoms with Crippen molar-refractivity contribution >= 4 is 5.82 Å². The Hall–Kier alpha value is -1.29. The molecule has 0 radical (unpaired) electrons. The van der Waals surface area contributed by atoms with Crippen molar-refractivity contribution in [2.75, 3.05) is 38.2 Å². The van der Waals surface area contributed by atoms with Crippen molar-refractivity contribution in [2.24, 2.45) is 11.8 Å². The van der Waals surface area contributed by atoms with Crippen LogP contribution in [0.5, 0.6) is 5.75 Å². The van der Waals surface area contributed by atoms with Gasteiger partial charge in [-0.05, 0) is 24.0 Å². The van der Waals surface area contributed by atoms with Crippen LogP contribution < -0.4 is 15.0 Å². The second kappa shape index (κ2) is 3.94. The van der Waals surface area contributed by atoms with Crippen LogP contribution >= 0.6 is 0 Å². The van der Waals surface area contributed by atoms with E-state index in [1.54, 1.807) is 7.11 Å². The fourth-order valence-corrected chi connectivity index (χ4v) is 2.81. The summed E-state index contributed by atoms with van der Waals surface area (Å²) in [4.78, 5) is 6.80. The number of aromatic nitrogens is 1. The molecule has 2 atom stereocenters. The van der Waals surface area contributed by atoms with E-state index in [-0.39, 0.29) is 0 Å². The summed E-state index contributed by atoms with van der Waals surface area (Å²) in [7, 11) is 1.71. The summed E-state index contributed by atoms with van der Waals surface area (Å²) >= 11 is 0. The van der Waals surface area contributed by atoms with E-state index in [0.717, 1.165) is 49.6 Å². The second-order valence-electron chi connectivity index (χ2n) is 4.61. The summed E-state index contributed by atoms with van der Waals surface area (Å²) in [5.74, 6) is 3.45. The Morgan fingerprint density at radius 1 is 1.38 bits per heavy atom. The zero-order valence-corrected chi connectivity index (χ0v) is 9.52. The average Bonchev–Trinajstić information content (AvgIpc) is 2.89. The lowest BCUT2D eigenvalue weighted by Crippen LogP contribution is -2.26. The van der Waals surface area contributed by atoms with Gasteiger partial charge in [-0.15, -0.1) is 0 Å². The Morgan fingerprint density at radius 2 is 2.12 bits per heavy atom. The number of nitrogens with zero attached hydrogens (tertiary/aromatic N) is 2. The smallest absolute Gasteiger partial charge is 0.171 e. The van der Waals surface area contributed by atoms with E-state index in [1.165, 1.54) is 0 Å². The van der Waals surface area contributed by atoms with Crippen LogP contribution in [-0.2, 0) is 0 Å². The quantitative estimate of drug-likeness (QED) is 0.796. The standard InChI is InChI=1S/C12H17N3O/c1-16-11-3-2-4-14-12(11)15-7-9-5-13-6-10(9)8-15/h2-4,9-10,13H,5-8H2,1H3/t9-,10+. The van der Waals surface area contributed by atoms with Gasteiger partial charge in [-0.1, -0.05) is 0 Å². The third-order valence-corrected chi connectivity index (χ3v) is 3.66. The lowest BCUT2D eigenvalue weighted by atomic mass is 10.0. The van der Waals surface area contributed by atoms with Gasteiger partial charge < -0.3 is 15.0 Å². The highest BCUT2D eigenvalue weighted by Crippen LogP contribution is 2.33. The number of hydrogen-bond donors (Lipinski definition) is 1. The summed E-state index contributed by atoms with van der Waals surface area (Å²) < 4.78 is 5.36. The van der Waals surface area contributed by atoms with Crippen LogP contribution in [0, 0.1) is 11.8 Å². The highest BCUT2D eigenvalue weighted by molar-refractivity contribution is 5.53. The molecule has 0 unspecified atom stereocenters. The van der Waals surface area contributed by atoms with Crippen molar-refractivity contribution in [1.82, 2.24) is 10.3 Å². The molecule has 86 valence electrons. The molecular weight excluding hydrogens is 202 g/mol. The Kier molecular flexibility index (Phi) is 2.44. The van der Waals surface area contributed by atoms with Gasteiger partial charge in [-0.3, -0.25) is 0 Å². The molecule has 2 aliphatic rings. The van der Waals surface area contributed by atoms with Gasteiger partial charge in [0.25, 0.3) is 0 Å². The molecule has 0 aromatic carbocycles. The zero-order valence-electron chi connectivity index (χ0n) is 9.52.